The number of ether oxygens (including phenoxy) is 1. The second-order valence-electron chi connectivity index (χ2n) is 9.28. The zero-order valence-corrected chi connectivity index (χ0v) is 18.3. The molecule has 2 aromatic carbocycles. The lowest BCUT2D eigenvalue weighted by Gasteiger charge is -2.34. The van der Waals surface area contributed by atoms with Gasteiger partial charge in [0, 0.05) is 23.9 Å². The molecule has 2 aliphatic carbocycles. The van der Waals surface area contributed by atoms with Crippen molar-refractivity contribution in [2.24, 2.45) is 5.92 Å². The third-order valence-corrected chi connectivity index (χ3v) is 6.24. The van der Waals surface area contributed by atoms with E-state index in [1.807, 2.05) is 24.3 Å². The number of carboxylic acid groups (broad SMARTS) is 1. The van der Waals surface area contributed by atoms with E-state index in [9.17, 15) is 14.4 Å². The van der Waals surface area contributed by atoms with Crippen LogP contribution in [0.15, 0.2) is 48.5 Å². The molecule has 2 aliphatic rings. The lowest BCUT2D eigenvalue weighted by Crippen LogP contribution is -2.51. The molecule has 2 aromatic rings. The van der Waals surface area contributed by atoms with E-state index in [-0.39, 0.29) is 36.8 Å². The molecule has 7 nitrogen and oxygen atoms in total. The molecule has 0 spiro atoms. The maximum absolute atomic E-state index is 12.5. The van der Waals surface area contributed by atoms with E-state index in [0.717, 1.165) is 22.3 Å². The summed E-state index contributed by atoms with van der Waals surface area (Å²) >= 11 is 0. The zero-order valence-electron chi connectivity index (χ0n) is 18.3. The predicted molar refractivity (Wildman–Crippen MR) is 119 cm³/mol. The number of hydrogen-bond donors (Lipinski definition) is 3. The third kappa shape index (κ3) is 4.61. The van der Waals surface area contributed by atoms with Crippen molar-refractivity contribution in [3.63, 3.8) is 0 Å². The van der Waals surface area contributed by atoms with Crippen LogP contribution in [-0.4, -0.2) is 41.3 Å². The van der Waals surface area contributed by atoms with Gasteiger partial charge in [0.25, 0.3) is 0 Å². The Morgan fingerprint density at radius 2 is 1.56 bits per heavy atom. The van der Waals surface area contributed by atoms with Crippen molar-refractivity contribution >= 4 is 18.0 Å². The van der Waals surface area contributed by atoms with Gasteiger partial charge in [-0.05, 0) is 48.9 Å². The molecule has 0 aromatic heterocycles. The molecular weight excluding hydrogens is 408 g/mol. The molecule has 0 heterocycles. The number of amides is 2. The van der Waals surface area contributed by atoms with Crippen molar-refractivity contribution in [1.82, 2.24) is 10.6 Å². The second kappa shape index (κ2) is 8.65. The fourth-order valence-electron chi connectivity index (χ4n) is 4.57. The number of carbonyl (C=O) groups is 3. The average Bonchev–Trinajstić information content (AvgIpc) is 3.01. The summed E-state index contributed by atoms with van der Waals surface area (Å²) in [6, 6.07) is 16.1. The van der Waals surface area contributed by atoms with Crippen LogP contribution in [-0.2, 0) is 14.3 Å². The Balaban J connectivity index is 1.29. The highest BCUT2D eigenvalue weighted by atomic mass is 16.5. The van der Waals surface area contributed by atoms with Crippen LogP contribution >= 0.6 is 0 Å². The maximum atomic E-state index is 12.5. The Labute approximate surface area is 187 Å². The minimum Gasteiger partial charge on any atom is -0.481 e. The fourth-order valence-corrected chi connectivity index (χ4v) is 4.57. The maximum Gasteiger partial charge on any atom is 0.407 e. The number of benzene rings is 2. The molecule has 1 fully saturated rings. The van der Waals surface area contributed by atoms with Crippen molar-refractivity contribution in [3.8, 4) is 11.1 Å². The van der Waals surface area contributed by atoms with Crippen molar-refractivity contribution in [1.29, 1.82) is 0 Å². The Kier molecular flexibility index (Phi) is 5.91. The van der Waals surface area contributed by atoms with Crippen LogP contribution in [0.2, 0.25) is 0 Å². The number of carboxylic acids is 1. The molecule has 168 valence electrons. The monoisotopic (exact) mass is 436 g/mol. The highest BCUT2D eigenvalue weighted by molar-refractivity contribution is 5.80. The van der Waals surface area contributed by atoms with Gasteiger partial charge in [-0.3, -0.25) is 9.59 Å². The molecule has 0 unspecified atom stereocenters. The molecule has 0 saturated heterocycles. The van der Waals surface area contributed by atoms with Gasteiger partial charge in [0.1, 0.15) is 6.61 Å². The quantitative estimate of drug-likeness (QED) is 0.614. The smallest absolute Gasteiger partial charge is 0.407 e. The molecule has 32 heavy (non-hydrogen) atoms. The Morgan fingerprint density at radius 1 is 1.00 bits per heavy atom. The number of fused-ring (bicyclic) bond motifs is 3. The summed E-state index contributed by atoms with van der Waals surface area (Å²) in [5, 5.41) is 14.5. The summed E-state index contributed by atoms with van der Waals surface area (Å²) in [4.78, 5) is 35.7. The Bertz CT molecular complexity index is 997. The summed E-state index contributed by atoms with van der Waals surface area (Å²) in [6.45, 7) is 3.73. The lowest BCUT2D eigenvalue weighted by atomic mass is 9.80. The Morgan fingerprint density at radius 3 is 2.12 bits per heavy atom. The van der Waals surface area contributed by atoms with E-state index in [4.69, 9.17) is 9.84 Å². The third-order valence-electron chi connectivity index (χ3n) is 6.24. The van der Waals surface area contributed by atoms with Crippen LogP contribution in [0.5, 0.6) is 0 Å². The molecule has 4 rings (SSSR count). The Hall–Kier alpha value is -3.35. The fraction of sp³-hybridized carbons (Fsp3) is 0.400. The number of alkyl carbamates (subject to hydrolysis) is 1. The number of nitrogens with one attached hydrogen (secondary N) is 2. The average molecular weight is 437 g/mol. The van der Waals surface area contributed by atoms with Gasteiger partial charge in [0.15, 0.2) is 0 Å². The first kappa shape index (κ1) is 21.9. The van der Waals surface area contributed by atoms with Crippen LogP contribution in [0, 0.1) is 5.92 Å². The lowest BCUT2D eigenvalue weighted by molar-refractivity contribution is -0.146. The summed E-state index contributed by atoms with van der Waals surface area (Å²) in [7, 11) is 0. The van der Waals surface area contributed by atoms with E-state index in [0.29, 0.717) is 12.8 Å². The minimum absolute atomic E-state index is 0.0274. The van der Waals surface area contributed by atoms with Gasteiger partial charge in [0.05, 0.1) is 5.92 Å². The van der Waals surface area contributed by atoms with E-state index >= 15 is 0 Å². The van der Waals surface area contributed by atoms with Crippen molar-refractivity contribution in [2.45, 2.75) is 50.6 Å². The first-order valence-electron chi connectivity index (χ1n) is 10.9. The van der Waals surface area contributed by atoms with Gasteiger partial charge in [-0.2, -0.15) is 0 Å². The molecular formula is C25H28N2O5. The topological polar surface area (TPSA) is 105 Å². The standard InChI is InChI=1S/C25H28N2O5/c1-25(2,13-22(28)26-16-11-15(12-16)23(29)30)27-24(31)32-14-21-19-9-5-3-7-17(19)18-8-4-6-10-20(18)21/h3-10,15-16,21H,11-14H2,1-2H3,(H,26,28)(H,27,31)(H,29,30). The van der Waals surface area contributed by atoms with Gasteiger partial charge in [-0.1, -0.05) is 48.5 Å². The van der Waals surface area contributed by atoms with Gasteiger partial charge in [-0.25, -0.2) is 4.79 Å². The van der Waals surface area contributed by atoms with Crippen molar-refractivity contribution < 1.29 is 24.2 Å². The van der Waals surface area contributed by atoms with Gasteiger partial charge >= 0.3 is 12.1 Å². The van der Waals surface area contributed by atoms with Crippen LogP contribution in [0.3, 0.4) is 0 Å². The highest BCUT2D eigenvalue weighted by Gasteiger charge is 2.36. The molecule has 7 heteroatoms. The normalized spacial score (nSPS) is 19.3. The molecule has 1 saturated carbocycles. The molecule has 3 N–H and O–H groups in total. The first-order chi connectivity index (χ1) is 15.2. The van der Waals surface area contributed by atoms with Crippen LogP contribution in [0.4, 0.5) is 4.79 Å². The molecule has 0 atom stereocenters. The number of carbonyl (C=O) groups excluding carboxylic acids is 2. The molecule has 0 radical (unpaired) electrons. The van der Waals surface area contributed by atoms with Gasteiger partial charge < -0.3 is 20.5 Å². The zero-order chi connectivity index (χ0) is 22.9. The highest BCUT2D eigenvalue weighted by Crippen LogP contribution is 2.44. The molecule has 2 amide bonds. The second-order valence-corrected chi connectivity index (χ2v) is 9.28. The van der Waals surface area contributed by atoms with E-state index in [1.54, 1.807) is 13.8 Å². The van der Waals surface area contributed by atoms with E-state index < -0.39 is 17.6 Å². The van der Waals surface area contributed by atoms with Gasteiger partial charge in [-0.15, -0.1) is 0 Å². The predicted octanol–water partition coefficient (Wildman–Crippen LogP) is 3.67. The minimum atomic E-state index is -0.826. The number of rotatable bonds is 7. The van der Waals surface area contributed by atoms with Crippen molar-refractivity contribution in [3.05, 3.63) is 59.7 Å². The van der Waals surface area contributed by atoms with Gasteiger partial charge in [0.2, 0.25) is 5.91 Å². The van der Waals surface area contributed by atoms with E-state index in [2.05, 4.69) is 34.9 Å². The summed E-state index contributed by atoms with van der Waals surface area (Å²) in [5.74, 6) is -1.46. The largest absolute Gasteiger partial charge is 0.481 e. The number of hydrogen-bond acceptors (Lipinski definition) is 4. The summed E-state index contributed by atoms with van der Waals surface area (Å²) in [5.41, 5.74) is 3.80. The molecule has 0 aliphatic heterocycles. The van der Waals surface area contributed by atoms with E-state index in [1.165, 1.54) is 0 Å². The summed E-state index contributed by atoms with van der Waals surface area (Å²) < 4.78 is 5.56. The number of aliphatic carboxylic acids is 1. The molecule has 0 bridgehead atoms. The SMILES string of the molecule is CC(C)(CC(=O)NC1CC(C(=O)O)C1)NC(=O)OCC1c2ccccc2-c2ccccc21. The van der Waals surface area contributed by atoms with Crippen molar-refractivity contribution in [2.75, 3.05) is 6.61 Å². The van der Waals surface area contributed by atoms with Crippen LogP contribution in [0.1, 0.15) is 50.2 Å². The van der Waals surface area contributed by atoms with Crippen LogP contribution in [0.25, 0.3) is 11.1 Å². The van der Waals surface area contributed by atoms with Crippen LogP contribution < -0.4 is 10.6 Å². The first-order valence-corrected chi connectivity index (χ1v) is 10.9. The summed E-state index contributed by atoms with van der Waals surface area (Å²) in [6.07, 6.45) is 0.396.